The summed E-state index contributed by atoms with van der Waals surface area (Å²) in [6, 6.07) is 20.7. The summed E-state index contributed by atoms with van der Waals surface area (Å²) in [6.45, 7) is 17.4. The van der Waals surface area contributed by atoms with E-state index in [2.05, 4.69) is 91.8 Å². The van der Waals surface area contributed by atoms with E-state index < -0.39 is 5.60 Å². The summed E-state index contributed by atoms with van der Waals surface area (Å²) in [5.41, 5.74) is 5.80. The molecule has 2 heteroatoms. The Morgan fingerprint density at radius 1 is 0.581 bits per heavy atom. The second-order valence-electron chi connectivity index (χ2n) is 10.9. The van der Waals surface area contributed by atoms with Crippen LogP contribution < -0.4 is 0 Å². The zero-order valence-electron chi connectivity index (χ0n) is 20.2. The van der Waals surface area contributed by atoms with Crippen LogP contribution in [0.5, 0.6) is 0 Å². The van der Waals surface area contributed by atoms with Gasteiger partial charge in [0.05, 0.1) is 0 Å². The van der Waals surface area contributed by atoms with Gasteiger partial charge in [-0.05, 0) is 52.5 Å². The molecule has 0 heterocycles. The molecule has 3 aromatic carbocycles. The summed E-state index contributed by atoms with van der Waals surface area (Å²) in [7, 11) is 0. The van der Waals surface area contributed by atoms with Crippen LogP contribution >= 0.6 is 12.6 Å². The molecule has 3 rings (SSSR count). The summed E-state index contributed by atoms with van der Waals surface area (Å²) in [4.78, 5) is 1.01. The molecule has 0 aliphatic carbocycles. The van der Waals surface area contributed by atoms with Crippen molar-refractivity contribution in [3.05, 3.63) is 99.6 Å². The number of thiol groups is 1. The van der Waals surface area contributed by atoms with Crippen LogP contribution in [0.25, 0.3) is 0 Å². The first-order valence-electron chi connectivity index (χ1n) is 11.0. The van der Waals surface area contributed by atoms with E-state index in [1.165, 1.54) is 11.1 Å². The maximum Gasteiger partial charge on any atom is 0.140 e. The number of hydrogen-bond acceptors (Lipinski definition) is 2. The SMILES string of the molecule is Cc1ccc(C(O)(c2ccc(C)cc2)c2cc(C(C)(C)C)c(S)c(C(C)(C)C)c2)cc1. The van der Waals surface area contributed by atoms with E-state index in [1.54, 1.807) is 0 Å². The molecule has 0 saturated carbocycles. The summed E-state index contributed by atoms with van der Waals surface area (Å²) in [5, 5.41) is 12.5. The molecule has 0 aliphatic rings. The maximum absolute atomic E-state index is 12.5. The Labute approximate surface area is 194 Å². The van der Waals surface area contributed by atoms with Crippen molar-refractivity contribution in [3.63, 3.8) is 0 Å². The van der Waals surface area contributed by atoms with Gasteiger partial charge in [-0.1, -0.05) is 113 Å². The second kappa shape index (κ2) is 8.15. The number of aliphatic hydroxyl groups is 1. The minimum absolute atomic E-state index is 0.103. The summed E-state index contributed by atoms with van der Waals surface area (Å²) in [5.74, 6) is 0. The van der Waals surface area contributed by atoms with E-state index in [-0.39, 0.29) is 10.8 Å². The Hall–Kier alpha value is -2.03. The Morgan fingerprint density at radius 3 is 1.19 bits per heavy atom. The molecule has 0 unspecified atom stereocenters. The molecular formula is C29H36OS. The summed E-state index contributed by atoms with van der Waals surface area (Å²) < 4.78 is 0. The van der Waals surface area contributed by atoms with E-state index >= 15 is 0 Å². The third-order valence-electron chi connectivity index (χ3n) is 6.08. The fraction of sp³-hybridized carbons (Fsp3) is 0.379. The zero-order valence-corrected chi connectivity index (χ0v) is 21.1. The van der Waals surface area contributed by atoms with E-state index in [1.807, 2.05) is 24.3 Å². The molecule has 0 aliphatic heterocycles. The molecule has 31 heavy (non-hydrogen) atoms. The van der Waals surface area contributed by atoms with Crippen LogP contribution in [-0.2, 0) is 16.4 Å². The summed E-state index contributed by atoms with van der Waals surface area (Å²) in [6.07, 6.45) is 0. The number of aryl methyl sites for hydroxylation is 2. The monoisotopic (exact) mass is 432 g/mol. The van der Waals surface area contributed by atoms with Crippen LogP contribution in [0.2, 0.25) is 0 Å². The van der Waals surface area contributed by atoms with Gasteiger partial charge in [0.15, 0.2) is 0 Å². The highest BCUT2D eigenvalue weighted by atomic mass is 32.1. The molecule has 0 spiro atoms. The van der Waals surface area contributed by atoms with Crippen molar-refractivity contribution >= 4 is 12.6 Å². The van der Waals surface area contributed by atoms with Crippen molar-refractivity contribution in [2.45, 2.75) is 76.7 Å². The Bertz CT molecular complexity index is 981. The number of benzene rings is 3. The van der Waals surface area contributed by atoms with Gasteiger partial charge >= 0.3 is 0 Å². The highest BCUT2D eigenvalue weighted by Gasteiger charge is 2.37. The van der Waals surface area contributed by atoms with Crippen molar-refractivity contribution in [1.29, 1.82) is 0 Å². The maximum atomic E-state index is 12.5. The fourth-order valence-corrected chi connectivity index (χ4v) is 4.88. The van der Waals surface area contributed by atoms with E-state index in [9.17, 15) is 5.11 Å². The summed E-state index contributed by atoms with van der Waals surface area (Å²) >= 11 is 4.96. The molecule has 0 saturated heterocycles. The predicted octanol–water partition coefficient (Wildman–Crippen LogP) is 7.47. The van der Waals surface area contributed by atoms with Crippen LogP contribution in [0.3, 0.4) is 0 Å². The smallest absolute Gasteiger partial charge is 0.140 e. The first kappa shape index (κ1) is 23.6. The quantitative estimate of drug-likeness (QED) is 0.325. The predicted molar refractivity (Wildman–Crippen MR) is 136 cm³/mol. The highest BCUT2D eigenvalue weighted by Crippen LogP contribution is 2.43. The molecule has 3 aromatic rings. The molecule has 0 atom stereocenters. The molecule has 0 radical (unpaired) electrons. The van der Waals surface area contributed by atoms with Gasteiger partial charge in [-0.25, -0.2) is 0 Å². The molecule has 0 amide bonds. The van der Waals surface area contributed by atoms with Crippen molar-refractivity contribution in [2.75, 3.05) is 0 Å². The standard InChI is InChI=1S/C29H36OS/c1-19-9-13-21(14-10-19)29(30,22-15-11-20(2)12-16-22)23-17-24(27(3,4)5)26(31)25(18-23)28(6,7)8/h9-18,30-31H,1-8H3. The van der Waals surface area contributed by atoms with Crippen LogP contribution in [0, 0.1) is 13.8 Å². The van der Waals surface area contributed by atoms with Gasteiger partial charge < -0.3 is 5.11 Å². The van der Waals surface area contributed by atoms with Crippen molar-refractivity contribution < 1.29 is 5.11 Å². The normalized spacial score (nSPS) is 12.8. The largest absolute Gasteiger partial charge is 0.376 e. The van der Waals surface area contributed by atoms with Gasteiger partial charge in [0.25, 0.3) is 0 Å². The lowest BCUT2D eigenvalue weighted by atomic mass is 9.73. The minimum atomic E-state index is -1.26. The highest BCUT2D eigenvalue weighted by molar-refractivity contribution is 7.80. The third-order valence-corrected chi connectivity index (χ3v) is 6.56. The van der Waals surface area contributed by atoms with Gasteiger partial charge in [-0.3, -0.25) is 0 Å². The molecule has 1 nitrogen and oxygen atoms in total. The molecule has 1 N–H and O–H groups in total. The van der Waals surface area contributed by atoms with Gasteiger partial charge in [-0.15, -0.1) is 12.6 Å². The number of hydrogen-bond donors (Lipinski definition) is 2. The van der Waals surface area contributed by atoms with Crippen LogP contribution in [-0.4, -0.2) is 5.11 Å². The van der Waals surface area contributed by atoms with Gasteiger partial charge in [0, 0.05) is 4.90 Å². The molecule has 164 valence electrons. The van der Waals surface area contributed by atoms with Gasteiger partial charge in [0.2, 0.25) is 0 Å². The lowest BCUT2D eigenvalue weighted by molar-refractivity contribution is 0.125. The zero-order chi connectivity index (χ0) is 23.2. The molecule has 0 aromatic heterocycles. The van der Waals surface area contributed by atoms with Crippen LogP contribution in [0.15, 0.2) is 65.6 Å². The van der Waals surface area contributed by atoms with E-state index in [0.29, 0.717) is 0 Å². The van der Waals surface area contributed by atoms with E-state index in [0.717, 1.165) is 32.7 Å². The van der Waals surface area contributed by atoms with Crippen molar-refractivity contribution in [1.82, 2.24) is 0 Å². The first-order valence-corrected chi connectivity index (χ1v) is 11.4. The average molecular weight is 433 g/mol. The lowest BCUT2D eigenvalue weighted by Crippen LogP contribution is -2.31. The van der Waals surface area contributed by atoms with Crippen LogP contribution in [0.1, 0.15) is 80.5 Å². The third kappa shape index (κ3) is 4.61. The minimum Gasteiger partial charge on any atom is -0.376 e. The van der Waals surface area contributed by atoms with Crippen molar-refractivity contribution in [3.8, 4) is 0 Å². The first-order chi connectivity index (χ1) is 14.2. The average Bonchev–Trinajstić information content (AvgIpc) is 2.66. The topological polar surface area (TPSA) is 20.2 Å². The lowest BCUT2D eigenvalue weighted by Gasteiger charge is -2.35. The Balaban J connectivity index is 2.41. The molecular weight excluding hydrogens is 396 g/mol. The Morgan fingerprint density at radius 2 is 0.903 bits per heavy atom. The molecule has 0 bridgehead atoms. The van der Waals surface area contributed by atoms with Gasteiger partial charge in [-0.2, -0.15) is 0 Å². The fourth-order valence-electron chi connectivity index (χ4n) is 4.08. The van der Waals surface area contributed by atoms with Crippen LogP contribution in [0.4, 0.5) is 0 Å². The number of rotatable bonds is 3. The molecule has 0 fully saturated rings. The van der Waals surface area contributed by atoms with Crippen molar-refractivity contribution in [2.24, 2.45) is 0 Å². The second-order valence-corrected chi connectivity index (χ2v) is 11.3. The van der Waals surface area contributed by atoms with Gasteiger partial charge in [0.1, 0.15) is 5.60 Å². The van der Waals surface area contributed by atoms with E-state index in [4.69, 9.17) is 12.6 Å². The Kier molecular flexibility index (Phi) is 6.21.